The van der Waals surface area contributed by atoms with Crippen molar-refractivity contribution >= 4 is 23.0 Å². The van der Waals surface area contributed by atoms with E-state index in [1.807, 2.05) is 24.3 Å². The third kappa shape index (κ3) is 2.99. The molecule has 0 heterocycles. The number of halogens is 2. The zero-order chi connectivity index (χ0) is 13.0. The van der Waals surface area contributed by atoms with Crippen LogP contribution in [0.4, 0.5) is 15.8 Å². The highest BCUT2D eigenvalue weighted by molar-refractivity contribution is 6.31. The first-order chi connectivity index (χ1) is 8.69. The first kappa shape index (κ1) is 12.4. The number of nitrogens with zero attached hydrogens (tertiary/aromatic N) is 1. The van der Waals surface area contributed by atoms with E-state index in [-0.39, 0.29) is 5.02 Å². The fraction of sp³-hybridized carbons (Fsp3) is 0.0714. The molecule has 18 heavy (non-hydrogen) atoms. The summed E-state index contributed by atoms with van der Waals surface area (Å²) in [4.78, 5) is 0. The van der Waals surface area contributed by atoms with Crippen molar-refractivity contribution in [2.75, 3.05) is 5.32 Å². The Hall–Kier alpha value is -2.05. The minimum absolute atomic E-state index is 0.0844. The van der Waals surface area contributed by atoms with E-state index in [0.29, 0.717) is 6.42 Å². The number of rotatable bonds is 3. The molecule has 0 unspecified atom stereocenters. The average Bonchev–Trinajstić information content (AvgIpc) is 2.37. The second-order valence-electron chi connectivity index (χ2n) is 3.79. The summed E-state index contributed by atoms with van der Waals surface area (Å²) in [6, 6.07) is 14.0. The summed E-state index contributed by atoms with van der Waals surface area (Å²) >= 11 is 5.70. The molecule has 0 aliphatic rings. The Morgan fingerprint density at radius 3 is 2.39 bits per heavy atom. The quantitative estimate of drug-likeness (QED) is 0.894. The molecule has 90 valence electrons. The summed E-state index contributed by atoms with van der Waals surface area (Å²) in [7, 11) is 0. The second kappa shape index (κ2) is 5.52. The largest absolute Gasteiger partial charge is 0.355 e. The zero-order valence-corrected chi connectivity index (χ0v) is 10.2. The maximum absolute atomic E-state index is 13.0. The molecular formula is C14H10ClFN2. The average molecular weight is 261 g/mol. The lowest BCUT2D eigenvalue weighted by Crippen LogP contribution is -1.91. The van der Waals surface area contributed by atoms with Gasteiger partial charge in [-0.15, -0.1) is 0 Å². The van der Waals surface area contributed by atoms with Crippen molar-refractivity contribution in [2.24, 2.45) is 0 Å². The van der Waals surface area contributed by atoms with Crippen molar-refractivity contribution in [3.05, 3.63) is 58.9 Å². The van der Waals surface area contributed by atoms with Gasteiger partial charge >= 0.3 is 0 Å². The van der Waals surface area contributed by atoms with Gasteiger partial charge in [0.05, 0.1) is 17.5 Å². The predicted molar refractivity (Wildman–Crippen MR) is 70.5 cm³/mol. The summed E-state index contributed by atoms with van der Waals surface area (Å²) in [6.45, 7) is 0. The first-order valence-electron chi connectivity index (χ1n) is 5.37. The molecule has 2 nitrogen and oxygen atoms in total. The van der Waals surface area contributed by atoms with Gasteiger partial charge in [-0.25, -0.2) is 4.39 Å². The number of nitriles is 1. The first-order valence-corrected chi connectivity index (χ1v) is 5.75. The van der Waals surface area contributed by atoms with Crippen molar-refractivity contribution < 1.29 is 4.39 Å². The third-order valence-corrected chi connectivity index (χ3v) is 2.74. The Morgan fingerprint density at radius 1 is 1.11 bits per heavy atom. The Labute approximate surface area is 110 Å². The normalized spacial score (nSPS) is 9.83. The molecule has 0 spiro atoms. The maximum Gasteiger partial charge on any atom is 0.141 e. The van der Waals surface area contributed by atoms with E-state index in [0.717, 1.165) is 16.9 Å². The topological polar surface area (TPSA) is 35.8 Å². The number of benzene rings is 2. The van der Waals surface area contributed by atoms with Crippen molar-refractivity contribution in [2.45, 2.75) is 6.42 Å². The molecule has 0 fully saturated rings. The lowest BCUT2D eigenvalue weighted by Gasteiger charge is -2.07. The van der Waals surface area contributed by atoms with Gasteiger partial charge in [-0.3, -0.25) is 0 Å². The fourth-order valence-electron chi connectivity index (χ4n) is 1.54. The molecule has 0 aliphatic carbocycles. The molecule has 1 N–H and O–H groups in total. The zero-order valence-electron chi connectivity index (χ0n) is 9.45. The van der Waals surface area contributed by atoms with Gasteiger partial charge in [-0.2, -0.15) is 5.26 Å². The van der Waals surface area contributed by atoms with E-state index in [1.165, 1.54) is 12.1 Å². The number of hydrogen-bond donors (Lipinski definition) is 1. The summed E-state index contributed by atoms with van der Waals surface area (Å²) < 4.78 is 13.0. The lowest BCUT2D eigenvalue weighted by atomic mass is 10.1. The van der Waals surface area contributed by atoms with Crippen molar-refractivity contribution in [3.63, 3.8) is 0 Å². The highest BCUT2D eigenvalue weighted by atomic mass is 35.5. The standard InChI is InChI=1S/C14H10ClFN2/c15-13-9-12(5-6-14(13)16)18-11-3-1-10(2-4-11)7-8-17/h1-6,9,18H,7H2. The third-order valence-electron chi connectivity index (χ3n) is 2.45. The smallest absolute Gasteiger partial charge is 0.141 e. The molecule has 0 aromatic heterocycles. The molecular weight excluding hydrogens is 251 g/mol. The van der Waals surface area contributed by atoms with Gasteiger partial charge in [0.1, 0.15) is 5.82 Å². The van der Waals surface area contributed by atoms with Gasteiger partial charge in [0, 0.05) is 11.4 Å². The molecule has 0 radical (unpaired) electrons. The molecule has 4 heteroatoms. The lowest BCUT2D eigenvalue weighted by molar-refractivity contribution is 0.628. The molecule has 0 saturated heterocycles. The second-order valence-corrected chi connectivity index (χ2v) is 4.19. The monoisotopic (exact) mass is 260 g/mol. The SMILES string of the molecule is N#CCc1ccc(Nc2ccc(F)c(Cl)c2)cc1. The highest BCUT2D eigenvalue weighted by Crippen LogP contribution is 2.22. The molecule has 0 amide bonds. The van der Waals surface area contributed by atoms with Crippen LogP contribution in [0, 0.1) is 17.1 Å². The van der Waals surface area contributed by atoms with Crippen LogP contribution in [0.2, 0.25) is 5.02 Å². The fourth-order valence-corrected chi connectivity index (χ4v) is 1.72. The maximum atomic E-state index is 13.0. The van der Waals surface area contributed by atoms with Crippen molar-refractivity contribution in [3.8, 4) is 6.07 Å². The highest BCUT2D eigenvalue weighted by Gasteiger charge is 2.01. The number of anilines is 2. The van der Waals surface area contributed by atoms with Crippen LogP contribution in [0.15, 0.2) is 42.5 Å². The van der Waals surface area contributed by atoms with Crippen LogP contribution >= 0.6 is 11.6 Å². The summed E-state index contributed by atoms with van der Waals surface area (Å²) in [5.41, 5.74) is 2.54. The van der Waals surface area contributed by atoms with Crippen LogP contribution in [-0.2, 0) is 6.42 Å². The molecule has 2 aromatic carbocycles. The van der Waals surface area contributed by atoms with E-state index >= 15 is 0 Å². The molecule has 0 aliphatic heterocycles. The van der Waals surface area contributed by atoms with E-state index < -0.39 is 5.82 Å². The minimum atomic E-state index is -0.438. The number of hydrogen-bond acceptors (Lipinski definition) is 2. The van der Waals surface area contributed by atoms with Gasteiger partial charge in [0.25, 0.3) is 0 Å². The van der Waals surface area contributed by atoms with E-state index in [9.17, 15) is 4.39 Å². The molecule has 0 atom stereocenters. The van der Waals surface area contributed by atoms with Crippen LogP contribution in [0.5, 0.6) is 0 Å². The Balaban J connectivity index is 2.13. The predicted octanol–water partition coefficient (Wildman–Crippen LogP) is 4.29. The van der Waals surface area contributed by atoms with Gasteiger partial charge < -0.3 is 5.32 Å². The Morgan fingerprint density at radius 2 is 1.78 bits per heavy atom. The van der Waals surface area contributed by atoms with E-state index in [2.05, 4.69) is 11.4 Å². The molecule has 0 saturated carbocycles. The van der Waals surface area contributed by atoms with Crippen LogP contribution in [-0.4, -0.2) is 0 Å². The van der Waals surface area contributed by atoms with Gasteiger partial charge in [-0.05, 0) is 35.9 Å². The number of nitrogens with one attached hydrogen (secondary N) is 1. The van der Waals surface area contributed by atoms with E-state index in [4.69, 9.17) is 16.9 Å². The Kier molecular flexibility index (Phi) is 3.81. The Bertz CT molecular complexity index is 588. The summed E-state index contributed by atoms with van der Waals surface area (Å²) in [5.74, 6) is -0.438. The summed E-state index contributed by atoms with van der Waals surface area (Å²) in [5, 5.41) is 11.8. The summed E-state index contributed by atoms with van der Waals surface area (Å²) in [6.07, 6.45) is 0.392. The van der Waals surface area contributed by atoms with Gasteiger partial charge in [0.15, 0.2) is 0 Å². The van der Waals surface area contributed by atoms with E-state index in [1.54, 1.807) is 6.07 Å². The molecule has 2 rings (SSSR count). The molecule has 2 aromatic rings. The van der Waals surface area contributed by atoms with Crippen molar-refractivity contribution in [1.82, 2.24) is 0 Å². The van der Waals surface area contributed by atoms with Gasteiger partial charge in [-0.1, -0.05) is 23.7 Å². The van der Waals surface area contributed by atoms with Crippen LogP contribution < -0.4 is 5.32 Å². The van der Waals surface area contributed by atoms with Crippen molar-refractivity contribution in [1.29, 1.82) is 5.26 Å². The van der Waals surface area contributed by atoms with Crippen LogP contribution in [0.3, 0.4) is 0 Å². The van der Waals surface area contributed by atoms with Crippen LogP contribution in [0.25, 0.3) is 0 Å². The van der Waals surface area contributed by atoms with Gasteiger partial charge in [0.2, 0.25) is 0 Å². The van der Waals surface area contributed by atoms with Crippen LogP contribution in [0.1, 0.15) is 5.56 Å². The molecule has 0 bridgehead atoms. The minimum Gasteiger partial charge on any atom is -0.355 e.